The van der Waals surface area contributed by atoms with Crippen molar-refractivity contribution in [2.24, 2.45) is 0 Å². The molecule has 122 valence electrons. The molecule has 0 spiro atoms. The molecule has 2 heterocycles. The van der Waals surface area contributed by atoms with Crippen molar-refractivity contribution in [1.29, 1.82) is 0 Å². The van der Waals surface area contributed by atoms with Crippen LogP contribution in [0.4, 0.5) is 0 Å². The van der Waals surface area contributed by atoms with Gasteiger partial charge >= 0.3 is 0 Å². The Hall–Kier alpha value is -3.22. The van der Waals surface area contributed by atoms with Crippen LogP contribution in [-0.4, -0.2) is 27.6 Å². The van der Waals surface area contributed by atoms with E-state index in [1.807, 2.05) is 31.2 Å². The van der Waals surface area contributed by atoms with Crippen LogP contribution in [0.1, 0.15) is 23.2 Å². The summed E-state index contributed by atoms with van der Waals surface area (Å²) in [5.41, 5.74) is 1.29. The molecule has 3 aromatic rings. The number of carbonyl (C=O) groups excluding carboxylic acids is 1. The third kappa shape index (κ3) is 3.75. The van der Waals surface area contributed by atoms with Crippen molar-refractivity contribution in [1.82, 2.24) is 20.4 Å². The van der Waals surface area contributed by atoms with Crippen molar-refractivity contribution in [2.45, 2.75) is 13.5 Å². The van der Waals surface area contributed by atoms with Crippen LogP contribution in [0.5, 0.6) is 5.75 Å². The van der Waals surface area contributed by atoms with Crippen molar-refractivity contribution >= 4 is 5.91 Å². The highest BCUT2D eigenvalue weighted by atomic mass is 16.5. The maximum absolute atomic E-state index is 11.9. The first-order valence-electron chi connectivity index (χ1n) is 7.50. The summed E-state index contributed by atoms with van der Waals surface area (Å²) in [6, 6.07) is 10.8. The van der Waals surface area contributed by atoms with E-state index in [-0.39, 0.29) is 12.5 Å². The predicted octanol–water partition coefficient (Wildman–Crippen LogP) is 2.46. The van der Waals surface area contributed by atoms with Crippen molar-refractivity contribution in [3.05, 3.63) is 60.2 Å². The Morgan fingerprint density at radius 3 is 2.79 bits per heavy atom. The number of pyridine rings is 1. The first kappa shape index (κ1) is 15.7. The van der Waals surface area contributed by atoms with Gasteiger partial charge in [-0.1, -0.05) is 5.16 Å². The number of carbonyl (C=O) groups is 1. The van der Waals surface area contributed by atoms with Gasteiger partial charge < -0.3 is 14.6 Å². The second kappa shape index (κ2) is 7.36. The lowest BCUT2D eigenvalue weighted by molar-refractivity contribution is 0.0946. The lowest BCUT2D eigenvalue weighted by Crippen LogP contribution is -2.22. The van der Waals surface area contributed by atoms with E-state index < -0.39 is 0 Å². The van der Waals surface area contributed by atoms with Crippen LogP contribution in [0.2, 0.25) is 0 Å². The van der Waals surface area contributed by atoms with Gasteiger partial charge in [0.25, 0.3) is 5.91 Å². The molecule has 0 atom stereocenters. The number of benzene rings is 1. The van der Waals surface area contributed by atoms with E-state index in [1.54, 1.807) is 18.3 Å². The number of ether oxygens (including phenoxy) is 1. The zero-order chi connectivity index (χ0) is 16.8. The van der Waals surface area contributed by atoms with Gasteiger partial charge in [0, 0.05) is 18.0 Å². The summed E-state index contributed by atoms with van der Waals surface area (Å²) < 4.78 is 10.6. The number of nitrogens with zero attached hydrogens (tertiary/aromatic N) is 3. The highest BCUT2D eigenvalue weighted by Crippen LogP contribution is 2.19. The SMILES string of the molecule is CCOc1ccc(-c2noc(CNC(=O)c3cccnc3)n2)cc1. The van der Waals surface area contributed by atoms with Gasteiger partial charge in [-0.05, 0) is 43.3 Å². The van der Waals surface area contributed by atoms with Crippen molar-refractivity contribution < 1.29 is 14.1 Å². The average molecular weight is 324 g/mol. The Morgan fingerprint density at radius 1 is 1.25 bits per heavy atom. The molecule has 1 N–H and O–H groups in total. The minimum absolute atomic E-state index is 0.151. The van der Waals surface area contributed by atoms with Gasteiger partial charge in [-0.25, -0.2) is 0 Å². The Labute approximate surface area is 138 Å². The second-order valence-corrected chi connectivity index (χ2v) is 4.89. The fraction of sp³-hybridized carbons (Fsp3) is 0.176. The Kier molecular flexibility index (Phi) is 4.81. The van der Waals surface area contributed by atoms with Gasteiger partial charge in [-0.15, -0.1) is 0 Å². The van der Waals surface area contributed by atoms with Crippen molar-refractivity contribution in [2.75, 3.05) is 6.61 Å². The number of hydrogen-bond acceptors (Lipinski definition) is 6. The monoisotopic (exact) mass is 324 g/mol. The van der Waals surface area contributed by atoms with Crippen LogP contribution in [0.25, 0.3) is 11.4 Å². The lowest BCUT2D eigenvalue weighted by atomic mass is 10.2. The van der Waals surface area contributed by atoms with Crippen LogP contribution < -0.4 is 10.1 Å². The molecule has 0 aliphatic heterocycles. The van der Waals surface area contributed by atoms with Crippen LogP contribution in [-0.2, 0) is 6.54 Å². The number of amides is 1. The van der Waals surface area contributed by atoms with Gasteiger partial charge in [-0.3, -0.25) is 9.78 Å². The van der Waals surface area contributed by atoms with Gasteiger partial charge in [0.15, 0.2) is 0 Å². The fourth-order valence-electron chi connectivity index (χ4n) is 2.07. The van der Waals surface area contributed by atoms with Crippen LogP contribution in [0.3, 0.4) is 0 Å². The summed E-state index contributed by atoms with van der Waals surface area (Å²) in [6.07, 6.45) is 3.10. The van der Waals surface area contributed by atoms with Crippen molar-refractivity contribution in [3.63, 3.8) is 0 Å². The quantitative estimate of drug-likeness (QED) is 0.749. The molecule has 0 radical (unpaired) electrons. The topological polar surface area (TPSA) is 90.1 Å². The van der Waals surface area contributed by atoms with Gasteiger partial charge in [0.05, 0.1) is 18.7 Å². The Bertz CT molecular complexity index is 800. The maximum atomic E-state index is 11.9. The molecular formula is C17H16N4O3. The zero-order valence-corrected chi connectivity index (χ0v) is 13.1. The lowest BCUT2D eigenvalue weighted by Gasteiger charge is -2.02. The molecule has 0 fully saturated rings. The molecule has 0 saturated carbocycles. The van der Waals surface area contributed by atoms with E-state index in [4.69, 9.17) is 9.26 Å². The minimum Gasteiger partial charge on any atom is -0.494 e. The Balaban J connectivity index is 1.62. The molecule has 0 aliphatic carbocycles. The molecule has 24 heavy (non-hydrogen) atoms. The molecule has 0 unspecified atom stereocenters. The van der Waals surface area contributed by atoms with E-state index >= 15 is 0 Å². The van der Waals surface area contributed by atoms with E-state index in [0.29, 0.717) is 23.9 Å². The molecule has 2 aromatic heterocycles. The highest BCUT2D eigenvalue weighted by Gasteiger charge is 2.11. The summed E-state index contributed by atoms with van der Waals surface area (Å²) in [4.78, 5) is 20.1. The first-order chi connectivity index (χ1) is 11.8. The number of aromatic nitrogens is 3. The van der Waals surface area contributed by atoms with Crippen LogP contribution >= 0.6 is 0 Å². The predicted molar refractivity (Wildman–Crippen MR) is 86.3 cm³/mol. The molecule has 7 heteroatoms. The molecule has 7 nitrogen and oxygen atoms in total. The molecular weight excluding hydrogens is 308 g/mol. The number of nitrogens with one attached hydrogen (secondary N) is 1. The van der Waals surface area contributed by atoms with E-state index in [9.17, 15) is 4.79 Å². The molecule has 3 rings (SSSR count). The second-order valence-electron chi connectivity index (χ2n) is 4.89. The van der Waals surface area contributed by atoms with E-state index in [0.717, 1.165) is 11.3 Å². The van der Waals surface area contributed by atoms with Crippen molar-refractivity contribution in [3.8, 4) is 17.1 Å². The summed E-state index contributed by atoms with van der Waals surface area (Å²) in [5.74, 6) is 1.33. The van der Waals surface area contributed by atoms with Crippen LogP contribution in [0.15, 0.2) is 53.3 Å². The fourth-order valence-corrected chi connectivity index (χ4v) is 2.07. The summed E-state index contributed by atoms with van der Waals surface area (Å²) in [5, 5.41) is 6.63. The van der Waals surface area contributed by atoms with E-state index in [2.05, 4.69) is 20.4 Å². The summed E-state index contributed by atoms with van der Waals surface area (Å²) >= 11 is 0. The molecule has 0 aliphatic rings. The smallest absolute Gasteiger partial charge is 0.253 e. The summed E-state index contributed by atoms with van der Waals surface area (Å²) in [7, 11) is 0. The summed E-state index contributed by atoms with van der Waals surface area (Å²) in [6.45, 7) is 2.69. The molecule has 1 amide bonds. The van der Waals surface area contributed by atoms with Gasteiger partial charge in [0.2, 0.25) is 11.7 Å². The zero-order valence-electron chi connectivity index (χ0n) is 13.1. The largest absolute Gasteiger partial charge is 0.494 e. The maximum Gasteiger partial charge on any atom is 0.253 e. The number of rotatable bonds is 6. The molecule has 0 saturated heterocycles. The third-order valence-corrected chi connectivity index (χ3v) is 3.22. The van der Waals surface area contributed by atoms with Crippen LogP contribution in [0, 0.1) is 0 Å². The highest BCUT2D eigenvalue weighted by molar-refractivity contribution is 5.93. The number of hydrogen-bond donors (Lipinski definition) is 1. The molecule has 1 aromatic carbocycles. The van der Waals surface area contributed by atoms with E-state index in [1.165, 1.54) is 6.20 Å². The van der Waals surface area contributed by atoms with Gasteiger partial charge in [-0.2, -0.15) is 4.98 Å². The Morgan fingerprint density at radius 2 is 2.08 bits per heavy atom. The third-order valence-electron chi connectivity index (χ3n) is 3.22. The first-order valence-corrected chi connectivity index (χ1v) is 7.50. The standard InChI is InChI=1S/C17H16N4O3/c1-2-23-14-7-5-12(6-8-14)16-20-15(24-21-16)11-19-17(22)13-4-3-9-18-10-13/h3-10H,2,11H2,1H3,(H,19,22). The van der Waals surface area contributed by atoms with Gasteiger partial charge in [0.1, 0.15) is 5.75 Å². The molecule has 0 bridgehead atoms. The minimum atomic E-state index is -0.246. The average Bonchev–Trinajstić information content (AvgIpc) is 3.10. The normalized spacial score (nSPS) is 10.4.